The Morgan fingerprint density at radius 2 is 2.00 bits per heavy atom. The predicted octanol–water partition coefficient (Wildman–Crippen LogP) is 5.56. The van der Waals surface area contributed by atoms with Crippen molar-refractivity contribution in [2.75, 3.05) is 5.32 Å². The van der Waals surface area contributed by atoms with Crippen molar-refractivity contribution < 1.29 is 0 Å². The van der Waals surface area contributed by atoms with Gasteiger partial charge in [0.15, 0.2) is 5.82 Å². The van der Waals surface area contributed by atoms with E-state index < -0.39 is 0 Å². The van der Waals surface area contributed by atoms with Gasteiger partial charge in [0.1, 0.15) is 0 Å². The molecule has 0 unspecified atom stereocenters. The zero-order valence-electron chi connectivity index (χ0n) is 12.2. The van der Waals surface area contributed by atoms with Gasteiger partial charge in [0, 0.05) is 17.5 Å². The quantitative estimate of drug-likeness (QED) is 0.511. The Balaban J connectivity index is 1.72. The molecule has 0 saturated carbocycles. The second kappa shape index (κ2) is 6.07. The molecule has 2 aromatic heterocycles. The van der Waals surface area contributed by atoms with Crippen LogP contribution in [-0.2, 0) is 6.54 Å². The van der Waals surface area contributed by atoms with E-state index in [1.54, 1.807) is 11.3 Å². The number of H-pyrrole nitrogens is 1. The van der Waals surface area contributed by atoms with Crippen LogP contribution in [-0.4, -0.2) is 10.2 Å². The lowest BCUT2D eigenvalue weighted by molar-refractivity contribution is 1.07. The van der Waals surface area contributed by atoms with Gasteiger partial charge in [-0.05, 0) is 40.1 Å². The van der Waals surface area contributed by atoms with Crippen molar-refractivity contribution in [1.82, 2.24) is 10.2 Å². The van der Waals surface area contributed by atoms with Crippen LogP contribution in [0.15, 0.2) is 59.3 Å². The van der Waals surface area contributed by atoms with Crippen molar-refractivity contribution in [2.45, 2.75) is 6.54 Å². The second-order valence-corrected chi connectivity index (χ2v) is 6.49. The summed E-state index contributed by atoms with van der Waals surface area (Å²) in [7, 11) is 0. The summed E-state index contributed by atoms with van der Waals surface area (Å²) in [5, 5.41) is 16.8. The third-order valence-electron chi connectivity index (χ3n) is 3.78. The van der Waals surface area contributed by atoms with Gasteiger partial charge in [-0.3, -0.25) is 5.10 Å². The molecule has 0 atom stereocenters. The topological polar surface area (TPSA) is 40.7 Å². The highest BCUT2D eigenvalue weighted by Crippen LogP contribution is 2.34. The molecular weight excluding hydrogens is 326 g/mol. The average molecular weight is 340 g/mol. The molecule has 2 heterocycles. The van der Waals surface area contributed by atoms with Gasteiger partial charge in [0.25, 0.3) is 0 Å². The third kappa shape index (κ3) is 2.83. The number of benzene rings is 2. The number of nitrogens with one attached hydrogen (secondary N) is 2. The minimum Gasteiger partial charge on any atom is -0.364 e. The van der Waals surface area contributed by atoms with Gasteiger partial charge in [-0.1, -0.05) is 41.9 Å². The number of fused-ring (bicyclic) bond motifs is 1. The van der Waals surface area contributed by atoms with Crippen LogP contribution >= 0.6 is 22.9 Å². The monoisotopic (exact) mass is 339 g/mol. The summed E-state index contributed by atoms with van der Waals surface area (Å²) in [6, 6.07) is 16.3. The van der Waals surface area contributed by atoms with Crippen LogP contribution in [0, 0.1) is 0 Å². The minimum absolute atomic E-state index is 0.719. The minimum atomic E-state index is 0.719. The molecule has 3 nitrogen and oxygen atoms in total. The van der Waals surface area contributed by atoms with Crippen LogP contribution < -0.4 is 5.32 Å². The first-order chi connectivity index (χ1) is 11.3. The van der Waals surface area contributed by atoms with Gasteiger partial charge in [-0.25, -0.2) is 0 Å². The number of hydrogen-bond acceptors (Lipinski definition) is 3. The van der Waals surface area contributed by atoms with E-state index in [0.717, 1.165) is 39.4 Å². The number of aromatic nitrogens is 2. The van der Waals surface area contributed by atoms with Gasteiger partial charge in [-0.2, -0.15) is 16.4 Å². The van der Waals surface area contributed by atoms with E-state index >= 15 is 0 Å². The molecular formula is C18H14ClN3S. The molecule has 0 aliphatic rings. The SMILES string of the molecule is Clc1cc2[nH]nc(NCc3ccsc3)c2cc1-c1ccccc1. The van der Waals surface area contributed by atoms with Crippen LogP contribution in [0.1, 0.15) is 5.56 Å². The molecule has 2 N–H and O–H groups in total. The first-order valence-corrected chi connectivity index (χ1v) is 8.61. The van der Waals surface area contributed by atoms with E-state index in [4.69, 9.17) is 11.6 Å². The highest BCUT2D eigenvalue weighted by molar-refractivity contribution is 7.07. The van der Waals surface area contributed by atoms with Crippen molar-refractivity contribution in [3.8, 4) is 11.1 Å². The normalized spacial score (nSPS) is 11.0. The first-order valence-electron chi connectivity index (χ1n) is 7.29. The molecule has 5 heteroatoms. The van der Waals surface area contributed by atoms with Crippen molar-refractivity contribution in [2.24, 2.45) is 0 Å². The van der Waals surface area contributed by atoms with Gasteiger partial charge in [-0.15, -0.1) is 0 Å². The van der Waals surface area contributed by atoms with Crippen LogP contribution in [0.4, 0.5) is 5.82 Å². The molecule has 4 rings (SSSR count). The molecule has 0 spiro atoms. The number of anilines is 1. The highest BCUT2D eigenvalue weighted by Gasteiger charge is 2.11. The molecule has 0 radical (unpaired) electrons. The fourth-order valence-corrected chi connectivity index (χ4v) is 3.53. The Morgan fingerprint density at radius 1 is 1.13 bits per heavy atom. The van der Waals surface area contributed by atoms with Crippen LogP contribution in [0.2, 0.25) is 5.02 Å². The molecule has 114 valence electrons. The predicted molar refractivity (Wildman–Crippen MR) is 98.2 cm³/mol. The zero-order chi connectivity index (χ0) is 15.6. The van der Waals surface area contributed by atoms with E-state index in [-0.39, 0.29) is 0 Å². The van der Waals surface area contributed by atoms with E-state index in [2.05, 4.69) is 50.5 Å². The second-order valence-electron chi connectivity index (χ2n) is 5.30. The van der Waals surface area contributed by atoms with Crippen molar-refractivity contribution in [3.05, 3.63) is 69.9 Å². The molecule has 0 fully saturated rings. The van der Waals surface area contributed by atoms with E-state index in [0.29, 0.717) is 0 Å². The van der Waals surface area contributed by atoms with E-state index in [1.807, 2.05) is 24.3 Å². The number of hydrogen-bond donors (Lipinski definition) is 2. The lowest BCUT2D eigenvalue weighted by Crippen LogP contribution is -1.98. The fourth-order valence-electron chi connectivity index (χ4n) is 2.59. The summed E-state index contributed by atoms with van der Waals surface area (Å²) >= 11 is 8.13. The molecule has 2 aromatic carbocycles. The smallest absolute Gasteiger partial charge is 0.156 e. The molecule has 0 bridgehead atoms. The maximum atomic E-state index is 6.44. The summed E-state index contributed by atoms with van der Waals surface area (Å²) in [6.07, 6.45) is 0. The van der Waals surface area contributed by atoms with Gasteiger partial charge in [0.05, 0.1) is 10.5 Å². The maximum absolute atomic E-state index is 6.44. The van der Waals surface area contributed by atoms with Crippen molar-refractivity contribution in [1.29, 1.82) is 0 Å². The number of halogens is 1. The molecule has 0 aliphatic heterocycles. The molecule has 0 amide bonds. The number of thiophene rings is 1. The lowest BCUT2D eigenvalue weighted by atomic mass is 10.0. The van der Waals surface area contributed by atoms with E-state index in [1.165, 1.54) is 5.56 Å². The Labute approximate surface area is 142 Å². The summed E-state index contributed by atoms with van der Waals surface area (Å²) < 4.78 is 0. The number of nitrogens with zero attached hydrogens (tertiary/aromatic N) is 1. The largest absolute Gasteiger partial charge is 0.364 e. The number of rotatable bonds is 4. The summed E-state index contributed by atoms with van der Waals surface area (Å²) in [4.78, 5) is 0. The van der Waals surface area contributed by atoms with Crippen molar-refractivity contribution >= 4 is 39.7 Å². The third-order valence-corrected chi connectivity index (χ3v) is 4.82. The number of aromatic amines is 1. The van der Waals surface area contributed by atoms with Crippen molar-refractivity contribution in [3.63, 3.8) is 0 Å². The fraction of sp³-hybridized carbons (Fsp3) is 0.0556. The average Bonchev–Trinajstić information content (AvgIpc) is 3.22. The first kappa shape index (κ1) is 14.3. The van der Waals surface area contributed by atoms with E-state index in [9.17, 15) is 0 Å². The Hall–Kier alpha value is -2.30. The molecule has 4 aromatic rings. The highest BCUT2D eigenvalue weighted by atomic mass is 35.5. The molecule has 0 saturated heterocycles. The Kier molecular flexibility index (Phi) is 3.77. The lowest BCUT2D eigenvalue weighted by Gasteiger charge is -2.06. The van der Waals surface area contributed by atoms with Gasteiger partial charge in [0.2, 0.25) is 0 Å². The summed E-state index contributed by atoms with van der Waals surface area (Å²) in [5.41, 5.74) is 4.30. The van der Waals surface area contributed by atoms with Gasteiger partial charge < -0.3 is 5.32 Å². The Bertz CT molecular complexity index is 930. The van der Waals surface area contributed by atoms with Crippen LogP contribution in [0.3, 0.4) is 0 Å². The van der Waals surface area contributed by atoms with Crippen LogP contribution in [0.25, 0.3) is 22.0 Å². The summed E-state index contributed by atoms with van der Waals surface area (Å²) in [6.45, 7) is 0.757. The Morgan fingerprint density at radius 3 is 2.78 bits per heavy atom. The van der Waals surface area contributed by atoms with Crippen LogP contribution in [0.5, 0.6) is 0 Å². The summed E-state index contributed by atoms with van der Waals surface area (Å²) in [5.74, 6) is 0.847. The maximum Gasteiger partial charge on any atom is 0.156 e. The van der Waals surface area contributed by atoms with Gasteiger partial charge >= 0.3 is 0 Å². The standard InChI is InChI=1S/C18H14ClN3S/c19-16-9-17-15(8-14(16)13-4-2-1-3-5-13)18(22-21-17)20-10-12-6-7-23-11-12/h1-9,11H,10H2,(H2,20,21,22). The molecule has 0 aliphatic carbocycles. The molecule has 23 heavy (non-hydrogen) atoms. The zero-order valence-corrected chi connectivity index (χ0v) is 13.8.